The van der Waals surface area contributed by atoms with Gasteiger partial charge in [-0.2, -0.15) is 11.8 Å². The monoisotopic (exact) mass is 446 g/mol. The van der Waals surface area contributed by atoms with Gasteiger partial charge in [-0.05, 0) is 30.3 Å². The molecule has 0 bridgehead atoms. The molecular weight excluding hydrogens is 428 g/mol. The summed E-state index contributed by atoms with van der Waals surface area (Å²) in [7, 11) is -3.56. The molecule has 0 saturated carbocycles. The maximum absolute atomic E-state index is 12.1. The number of halogens is 1. The smallest absolute Gasteiger partial charge is 0.240 e. The van der Waals surface area contributed by atoms with Crippen molar-refractivity contribution in [3.8, 4) is 0 Å². The van der Waals surface area contributed by atoms with E-state index in [2.05, 4.69) is 21.2 Å². The lowest BCUT2D eigenvalue weighted by molar-refractivity contribution is -0.119. The third-order valence-corrected chi connectivity index (χ3v) is 5.79. The Morgan fingerprint density at radius 1 is 1.32 bits per heavy atom. The van der Waals surface area contributed by atoms with Crippen LogP contribution in [0.4, 0.5) is 5.69 Å². The van der Waals surface area contributed by atoms with Gasteiger partial charge in [-0.25, -0.2) is 8.42 Å². The van der Waals surface area contributed by atoms with Gasteiger partial charge in [-0.15, -0.1) is 0 Å². The first-order valence-electron chi connectivity index (χ1n) is 7.46. The molecule has 2 rings (SSSR count). The van der Waals surface area contributed by atoms with E-state index in [0.29, 0.717) is 18.0 Å². The molecule has 1 aromatic carbocycles. The zero-order chi connectivity index (χ0) is 18.3. The van der Waals surface area contributed by atoms with Crippen LogP contribution in [0.3, 0.4) is 0 Å². The van der Waals surface area contributed by atoms with Crippen molar-refractivity contribution < 1.29 is 17.6 Å². The second-order valence-electron chi connectivity index (χ2n) is 5.23. The molecule has 25 heavy (non-hydrogen) atoms. The van der Waals surface area contributed by atoms with E-state index >= 15 is 0 Å². The van der Waals surface area contributed by atoms with Crippen molar-refractivity contribution in [2.24, 2.45) is 0 Å². The van der Waals surface area contributed by atoms with Crippen molar-refractivity contribution >= 4 is 49.3 Å². The van der Waals surface area contributed by atoms with Gasteiger partial charge in [-0.3, -0.25) is 9.10 Å². The molecule has 0 unspecified atom stereocenters. The number of benzene rings is 1. The number of amides is 1. The van der Waals surface area contributed by atoms with Crippen molar-refractivity contribution in [2.75, 3.05) is 29.4 Å². The van der Waals surface area contributed by atoms with Crippen LogP contribution in [-0.2, 0) is 20.6 Å². The van der Waals surface area contributed by atoms with Crippen molar-refractivity contribution in [1.29, 1.82) is 0 Å². The first-order chi connectivity index (χ1) is 11.9. The number of sulfonamides is 1. The summed E-state index contributed by atoms with van der Waals surface area (Å²) in [6, 6.07) is 10.6. The Hall–Kier alpha value is -1.45. The number of thioether (sulfide) groups is 1. The number of anilines is 1. The van der Waals surface area contributed by atoms with Gasteiger partial charge < -0.3 is 9.73 Å². The van der Waals surface area contributed by atoms with Crippen LogP contribution in [0.5, 0.6) is 0 Å². The van der Waals surface area contributed by atoms with Crippen molar-refractivity contribution in [3.63, 3.8) is 0 Å². The average Bonchev–Trinajstić information content (AvgIpc) is 3.04. The lowest BCUT2D eigenvalue weighted by atomic mass is 10.3. The van der Waals surface area contributed by atoms with Gasteiger partial charge in [-0.1, -0.05) is 22.0 Å². The first-order valence-corrected chi connectivity index (χ1v) is 11.3. The van der Waals surface area contributed by atoms with Gasteiger partial charge in [0.2, 0.25) is 15.9 Å². The lowest BCUT2D eigenvalue weighted by Crippen LogP contribution is -2.41. The first kappa shape index (κ1) is 19.9. The van der Waals surface area contributed by atoms with E-state index in [9.17, 15) is 13.2 Å². The van der Waals surface area contributed by atoms with Crippen molar-refractivity contribution in [2.45, 2.75) is 5.75 Å². The van der Waals surface area contributed by atoms with Crippen LogP contribution in [0.2, 0.25) is 0 Å². The molecule has 1 N–H and O–H groups in total. The number of nitrogens with zero attached hydrogens (tertiary/aromatic N) is 1. The highest BCUT2D eigenvalue weighted by atomic mass is 79.9. The predicted octanol–water partition coefficient (Wildman–Crippen LogP) is 2.86. The SMILES string of the molecule is CS(=O)(=O)N(CC(=O)NCCSCc1ccco1)c1cccc(Br)c1. The normalized spacial score (nSPS) is 11.3. The molecule has 0 atom stereocenters. The fourth-order valence-electron chi connectivity index (χ4n) is 2.05. The van der Waals surface area contributed by atoms with Crippen molar-refractivity contribution in [1.82, 2.24) is 5.32 Å². The summed E-state index contributed by atoms with van der Waals surface area (Å²) in [5.41, 5.74) is 0.444. The van der Waals surface area contributed by atoms with Crippen LogP contribution in [-0.4, -0.2) is 39.4 Å². The second-order valence-corrected chi connectivity index (χ2v) is 9.16. The summed E-state index contributed by atoms with van der Waals surface area (Å²) in [4.78, 5) is 12.1. The van der Waals surface area contributed by atoms with Gasteiger partial charge in [0.1, 0.15) is 12.3 Å². The number of nitrogens with one attached hydrogen (secondary N) is 1. The number of hydrogen-bond acceptors (Lipinski definition) is 5. The quantitative estimate of drug-likeness (QED) is 0.598. The van der Waals surface area contributed by atoms with E-state index in [1.165, 1.54) is 0 Å². The summed E-state index contributed by atoms with van der Waals surface area (Å²) in [6.07, 6.45) is 2.71. The number of rotatable bonds is 9. The van der Waals surface area contributed by atoms with Crippen LogP contribution >= 0.6 is 27.7 Å². The van der Waals surface area contributed by atoms with Gasteiger partial charge in [0.25, 0.3) is 0 Å². The van der Waals surface area contributed by atoms with E-state index < -0.39 is 10.0 Å². The summed E-state index contributed by atoms with van der Waals surface area (Å²) in [5, 5.41) is 2.74. The number of carbonyl (C=O) groups excluding carboxylic acids is 1. The van der Waals surface area contributed by atoms with E-state index in [1.54, 1.807) is 42.3 Å². The predicted molar refractivity (Wildman–Crippen MR) is 104 cm³/mol. The van der Waals surface area contributed by atoms with Crippen molar-refractivity contribution in [3.05, 3.63) is 52.9 Å². The lowest BCUT2D eigenvalue weighted by Gasteiger charge is -2.22. The summed E-state index contributed by atoms with van der Waals surface area (Å²) >= 11 is 4.94. The highest BCUT2D eigenvalue weighted by Crippen LogP contribution is 2.21. The summed E-state index contributed by atoms with van der Waals surface area (Å²) < 4.78 is 31.1. The van der Waals surface area contributed by atoms with Crippen LogP contribution in [0, 0.1) is 0 Å². The molecule has 1 aromatic heterocycles. The van der Waals surface area contributed by atoms with Gasteiger partial charge in [0, 0.05) is 16.8 Å². The molecule has 0 saturated heterocycles. The largest absolute Gasteiger partial charge is 0.468 e. The topological polar surface area (TPSA) is 79.6 Å². The molecule has 9 heteroatoms. The maximum atomic E-state index is 12.1. The van der Waals surface area contributed by atoms with Crippen LogP contribution in [0.25, 0.3) is 0 Å². The Kier molecular flexibility index (Phi) is 7.39. The van der Waals surface area contributed by atoms with Crippen LogP contribution in [0.1, 0.15) is 5.76 Å². The van der Waals surface area contributed by atoms with E-state index in [-0.39, 0.29) is 12.5 Å². The fraction of sp³-hybridized carbons (Fsp3) is 0.312. The summed E-state index contributed by atoms with van der Waals surface area (Å²) in [6.45, 7) is 0.207. The zero-order valence-electron chi connectivity index (χ0n) is 13.6. The van der Waals surface area contributed by atoms with Gasteiger partial charge in [0.05, 0.1) is 24.0 Å². The molecule has 0 aliphatic rings. The summed E-state index contributed by atoms with van der Waals surface area (Å²) in [5.74, 6) is 1.98. The minimum absolute atomic E-state index is 0.252. The van der Waals surface area contributed by atoms with Crippen LogP contribution in [0.15, 0.2) is 51.6 Å². The fourth-order valence-corrected chi connectivity index (χ4v) is 4.04. The Balaban J connectivity index is 1.83. The van der Waals surface area contributed by atoms with E-state index in [1.807, 2.05) is 12.1 Å². The number of carbonyl (C=O) groups is 1. The molecule has 1 heterocycles. The minimum Gasteiger partial charge on any atom is -0.468 e. The van der Waals surface area contributed by atoms with E-state index in [4.69, 9.17) is 4.42 Å². The van der Waals surface area contributed by atoms with Gasteiger partial charge in [0.15, 0.2) is 0 Å². The molecule has 2 aromatic rings. The third-order valence-electron chi connectivity index (χ3n) is 3.18. The molecule has 0 fully saturated rings. The molecule has 136 valence electrons. The third kappa shape index (κ3) is 6.75. The molecule has 0 aliphatic carbocycles. The Morgan fingerprint density at radius 2 is 2.12 bits per heavy atom. The zero-order valence-corrected chi connectivity index (χ0v) is 16.9. The molecule has 0 aliphatic heterocycles. The number of hydrogen-bond donors (Lipinski definition) is 1. The van der Waals surface area contributed by atoms with Gasteiger partial charge >= 0.3 is 0 Å². The molecule has 6 nitrogen and oxygen atoms in total. The Morgan fingerprint density at radius 3 is 2.76 bits per heavy atom. The standard InChI is InChI=1S/C16H19BrN2O4S2/c1-25(21,22)19(14-5-2-4-13(17)10-14)11-16(20)18-7-9-24-12-15-6-3-8-23-15/h2-6,8,10H,7,9,11-12H2,1H3,(H,18,20). The molecule has 0 radical (unpaired) electrons. The average molecular weight is 447 g/mol. The highest BCUT2D eigenvalue weighted by Gasteiger charge is 2.20. The van der Waals surface area contributed by atoms with Crippen LogP contribution < -0.4 is 9.62 Å². The number of furan rings is 1. The van der Waals surface area contributed by atoms with E-state index in [0.717, 1.165) is 26.5 Å². The Labute approximate surface area is 160 Å². The highest BCUT2D eigenvalue weighted by molar-refractivity contribution is 9.10. The molecular formula is C16H19BrN2O4S2. The minimum atomic E-state index is -3.56. The molecule has 0 spiro atoms. The Bertz CT molecular complexity index is 794. The maximum Gasteiger partial charge on any atom is 0.240 e. The second kappa shape index (κ2) is 9.30. The molecule has 1 amide bonds.